The Morgan fingerprint density at radius 3 is 2.85 bits per heavy atom. The second-order valence-electron chi connectivity index (χ2n) is 5.98. The van der Waals surface area contributed by atoms with Crippen LogP contribution in [0.5, 0.6) is 5.75 Å². The van der Waals surface area contributed by atoms with Crippen molar-refractivity contribution >= 4 is 11.6 Å². The van der Waals surface area contributed by atoms with E-state index < -0.39 is 0 Å². The SMILES string of the molecule is CC(C)(C#N)CCOc1c(Cl)cccc1CNC1CC1. The molecule has 0 heterocycles. The van der Waals surface area contributed by atoms with E-state index in [-0.39, 0.29) is 5.41 Å². The first-order chi connectivity index (χ1) is 9.52. The highest BCUT2D eigenvalue weighted by Gasteiger charge is 2.21. The average molecular weight is 293 g/mol. The highest BCUT2D eigenvalue weighted by atomic mass is 35.5. The molecule has 0 saturated heterocycles. The molecular formula is C16H21ClN2O. The Labute approximate surface area is 125 Å². The summed E-state index contributed by atoms with van der Waals surface area (Å²) in [6.07, 6.45) is 3.20. The molecule has 0 bridgehead atoms. The molecule has 20 heavy (non-hydrogen) atoms. The summed E-state index contributed by atoms with van der Waals surface area (Å²) in [5, 5.41) is 13.1. The minimum atomic E-state index is -0.367. The molecule has 0 spiro atoms. The number of benzene rings is 1. The topological polar surface area (TPSA) is 45.0 Å². The van der Waals surface area contributed by atoms with E-state index in [2.05, 4.69) is 11.4 Å². The largest absolute Gasteiger partial charge is 0.492 e. The van der Waals surface area contributed by atoms with Gasteiger partial charge in [0.2, 0.25) is 0 Å². The van der Waals surface area contributed by atoms with Crippen molar-refractivity contribution in [2.75, 3.05) is 6.61 Å². The molecule has 1 aromatic rings. The normalized spacial score (nSPS) is 14.9. The molecule has 0 radical (unpaired) electrons. The summed E-state index contributed by atoms with van der Waals surface area (Å²) in [6.45, 7) is 5.11. The maximum atomic E-state index is 9.01. The molecule has 2 rings (SSSR count). The van der Waals surface area contributed by atoms with Gasteiger partial charge in [-0.25, -0.2) is 0 Å². The van der Waals surface area contributed by atoms with Gasteiger partial charge in [-0.05, 0) is 39.2 Å². The van der Waals surface area contributed by atoms with Gasteiger partial charge in [0.05, 0.1) is 23.1 Å². The molecule has 1 saturated carbocycles. The summed E-state index contributed by atoms with van der Waals surface area (Å²) < 4.78 is 5.84. The van der Waals surface area contributed by atoms with Crippen LogP contribution in [0.3, 0.4) is 0 Å². The molecule has 0 amide bonds. The molecule has 1 fully saturated rings. The Morgan fingerprint density at radius 1 is 1.45 bits per heavy atom. The predicted molar refractivity (Wildman–Crippen MR) is 80.8 cm³/mol. The Kier molecular flexibility index (Phi) is 4.91. The monoisotopic (exact) mass is 292 g/mol. The van der Waals surface area contributed by atoms with Gasteiger partial charge in [0.25, 0.3) is 0 Å². The fourth-order valence-electron chi connectivity index (χ4n) is 1.86. The van der Waals surface area contributed by atoms with Crippen LogP contribution in [-0.2, 0) is 6.54 Å². The Bertz CT molecular complexity index is 504. The van der Waals surface area contributed by atoms with Gasteiger partial charge < -0.3 is 10.1 Å². The van der Waals surface area contributed by atoms with Crippen molar-refractivity contribution in [1.29, 1.82) is 5.26 Å². The lowest BCUT2D eigenvalue weighted by atomic mass is 9.92. The molecule has 1 aliphatic carbocycles. The third-order valence-electron chi connectivity index (χ3n) is 3.48. The zero-order chi connectivity index (χ0) is 14.6. The number of para-hydroxylation sites is 1. The smallest absolute Gasteiger partial charge is 0.142 e. The molecule has 1 aliphatic rings. The fraction of sp³-hybridized carbons (Fsp3) is 0.562. The van der Waals surface area contributed by atoms with Gasteiger partial charge >= 0.3 is 0 Å². The molecule has 0 unspecified atom stereocenters. The lowest BCUT2D eigenvalue weighted by Gasteiger charge is -2.18. The second-order valence-corrected chi connectivity index (χ2v) is 6.38. The van der Waals surface area contributed by atoms with E-state index in [1.807, 2.05) is 32.0 Å². The fourth-order valence-corrected chi connectivity index (χ4v) is 2.11. The van der Waals surface area contributed by atoms with Gasteiger partial charge in [0.15, 0.2) is 0 Å². The summed E-state index contributed by atoms with van der Waals surface area (Å²) >= 11 is 6.23. The number of nitrogens with one attached hydrogen (secondary N) is 1. The van der Waals surface area contributed by atoms with Crippen LogP contribution in [-0.4, -0.2) is 12.6 Å². The Hall–Kier alpha value is -1.24. The quantitative estimate of drug-likeness (QED) is 0.829. The van der Waals surface area contributed by atoms with Crippen LogP contribution in [0.1, 0.15) is 38.7 Å². The van der Waals surface area contributed by atoms with Crippen molar-refractivity contribution in [3.05, 3.63) is 28.8 Å². The molecule has 1 N–H and O–H groups in total. The van der Waals surface area contributed by atoms with E-state index in [4.69, 9.17) is 21.6 Å². The third kappa shape index (κ3) is 4.40. The number of ether oxygens (including phenoxy) is 1. The Morgan fingerprint density at radius 2 is 2.20 bits per heavy atom. The van der Waals surface area contributed by atoms with Gasteiger partial charge in [-0.2, -0.15) is 5.26 Å². The summed E-state index contributed by atoms with van der Waals surface area (Å²) in [7, 11) is 0. The zero-order valence-corrected chi connectivity index (χ0v) is 12.8. The molecule has 4 heteroatoms. The summed E-state index contributed by atoms with van der Waals surface area (Å²) in [6, 6.07) is 8.75. The van der Waals surface area contributed by atoms with Crippen LogP contribution < -0.4 is 10.1 Å². The minimum absolute atomic E-state index is 0.367. The number of halogens is 1. The molecule has 3 nitrogen and oxygen atoms in total. The van der Waals surface area contributed by atoms with E-state index in [9.17, 15) is 0 Å². The number of hydrogen-bond acceptors (Lipinski definition) is 3. The van der Waals surface area contributed by atoms with Gasteiger partial charge in [-0.1, -0.05) is 23.7 Å². The zero-order valence-electron chi connectivity index (χ0n) is 12.1. The number of hydrogen-bond donors (Lipinski definition) is 1. The van der Waals surface area contributed by atoms with Crippen LogP contribution in [0.2, 0.25) is 5.02 Å². The molecule has 0 atom stereocenters. The van der Waals surface area contributed by atoms with Crippen molar-refractivity contribution in [3.8, 4) is 11.8 Å². The van der Waals surface area contributed by atoms with Gasteiger partial charge in [0.1, 0.15) is 5.75 Å². The lowest BCUT2D eigenvalue weighted by molar-refractivity contribution is 0.262. The van der Waals surface area contributed by atoms with Crippen LogP contribution in [0.25, 0.3) is 0 Å². The first-order valence-corrected chi connectivity index (χ1v) is 7.44. The summed E-state index contributed by atoms with van der Waals surface area (Å²) in [5.74, 6) is 0.746. The van der Waals surface area contributed by atoms with Crippen molar-refractivity contribution < 1.29 is 4.74 Å². The molecule has 108 valence electrons. The summed E-state index contributed by atoms with van der Waals surface area (Å²) in [4.78, 5) is 0. The Balaban J connectivity index is 1.96. The van der Waals surface area contributed by atoms with Crippen LogP contribution in [0.4, 0.5) is 0 Å². The van der Waals surface area contributed by atoms with Gasteiger partial charge in [-0.15, -0.1) is 0 Å². The van der Waals surface area contributed by atoms with Gasteiger partial charge in [-0.3, -0.25) is 0 Å². The van der Waals surface area contributed by atoms with Crippen LogP contribution in [0.15, 0.2) is 18.2 Å². The van der Waals surface area contributed by atoms with E-state index in [0.717, 1.165) is 17.9 Å². The summed E-state index contributed by atoms with van der Waals surface area (Å²) in [5.41, 5.74) is 0.715. The standard InChI is InChI=1S/C16H21ClN2O/c1-16(2,11-18)8-9-20-15-12(4-3-5-14(15)17)10-19-13-6-7-13/h3-5,13,19H,6-10H2,1-2H3. The lowest BCUT2D eigenvalue weighted by Crippen LogP contribution is -2.17. The maximum Gasteiger partial charge on any atom is 0.142 e. The van der Waals surface area contributed by atoms with E-state index in [1.165, 1.54) is 12.8 Å². The van der Waals surface area contributed by atoms with Crippen molar-refractivity contribution in [2.24, 2.45) is 5.41 Å². The molecule has 1 aromatic carbocycles. The van der Waals surface area contributed by atoms with E-state index in [0.29, 0.717) is 24.1 Å². The number of nitrogens with zero attached hydrogens (tertiary/aromatic N) is 1. The number of nitriles is 1. The highest BCUT2D eigenvalue weighted by Crippen LogP contribution is 2.30. The minimum Gasteiger partial charge on any atom is -0.492 e. The third-order valence-corrected chi connectivity index (χ3v) is 3.78. The average Bonchev–Trinajstić information content (AvgIpc) is 3.23. The molecule has 0 aliphatic heterocycles. The molecular weight excluding hydrogens is 272 g/mol. The van der Waals surface area contributed by atoms with Crippen LogP contribution >= 0.6 is 11.6 Å². The van der Waals surface area contributed by atoms with Gasteiger partial charge in [0, 0.05) is 18.2 Å². The maximum absolute atomic E-state index is 9.01. The van der Waals surface area contributed by atoms with E-state index >= 15 is 0 Å². The van der Waals surface area contributed by atoms with Crippen molar-refractivity contribution in [2.45, 2.75) is 45.7 Å². The second kappa shape index (κ2) is 6.47. The van der Waals surface area contributed by atoms with Crippen molar-refractivity contribution in [3.63, 3.8) is 0 Å². The predicted octanol–water partition coefficient (Wildman–Crippen LogP) is 3.91. The first-order valence-electron chi connectivity index (χ1n) is 7.07. The first kappa shape index (κ1) is 15.2. The van der Waals surface area contributed by atoms with Crippen molar-refractivity contribution in [1.82, 2.24) is 5.32 Å². The highest BCUT2D eigenvalue weighted by molar-refractivity contribution is 6.32. The molecule has 0 aromatic heterocycles. The van der Waals surface area contributed by atoms with Crippen LogP contribution in [0, 0.1) is 16.7 Å². The number of rotatable bonds is 7. The van der Waals surface area contributed by atoms with E-state index in [1.54, 1.807) is 0 Å².